The van der Waals surface area contributed by atoms with Crippen molar-refractivity contribution in [1.82, 2.24) is 0 Å². The lowest BCUT2D eigenvalue weighted by Crippen LogP contribution is -2.22. The molecule has 0 aromatic heterocycles. The van der Waals surface area contributed by atoms with Crippen LogP contribution in [0.3, 0.4) is 0 Å². The van der Waals surface area contributed by atoms with Crippen molar-refractivity contribution in [3.8, 4) is 16.9 Å². The van der Waals surface area contributed by atoms with Crippen molar-refractivity contribution in [2.45, 2.75) is 44.6 Å². The van der Waals surface area contributed by atoms with E-state index in [2.05, 4.69) is 37.4 Å². The molecule has 0 amide bonds. The zero-order chi connectivity index (χ0) is 20.8. The van der Waals surface area contributed by atoms with Gasteiger partial charge in [0, 0.05) is 5.57 Å². The zero-order valence-corrected chi connectivity index (χ0v) is 16.8. The molecule has 4 nitrogen and oxygen atoms in total. The predicted molar refractivity (Wildman–Crippen MR) is 116 cm³/mol. The van der Waals surface area contributed by atoms with Gasteiger partial charge in [-0.15, -0.1) is 0 Å². The second-order valence-corrected chi connectivity index (χ2v) is 7.48. The monoisotopic (exact) mass is 389 g/mol. The first-order valence-electron chi connectivity index (χ1n) is 9.92. The summed E-state index contributed by atoms with van der Waals surface area (Å²) in [6, 6.07) is 16.2. The van der Waals surface area contributed by atoms with E-state index in [9.17, 15) is 4.79 Å². The van der Waals surface area contributed by atoms with Crippen LogP contribution in [-0.2, 0) is 9.53 Å². The smallest absolute Gasteiger partial charge is 0.338 e. The molecular weight excluding hydrogens is 362 g/mol. The summed E-state index contributed by atoms with van der Waals surface area (Å²) in [5, 5.41) is 7.59. The van der Waals surface area contributed by atoms with Crippen molar-refractivity contribution < 1.29 is 14.3 Å². The topological polar surface area (TPSA) is 59.4 Å². The average molecular weight is 389 g/mol. The van der Waals surface area contributed by atoms with Crippen LogP contribution in [0.1, 0.15) is 44.1 Å². The number of hydrogen-bond acceptors (Lipinski definition) is 4. The number of nitrogens with one attached hydrogen (secondary N) is 1. The number of hydrogen-bond donors (Lipinski definition) is 1. The maximum absolute atomic E-state index is 11.6. The molecule has 0 atom stereocenters. The minimum atomic E-state index is -0.413. The summed E-state index contributed by atoms with van der Waals surface area (Å²) in [4.78, 5) is 11.6. The molecule has 2 aromatic rings. The van der Waals surface area contributed by atoms with Crippen molar-refractivity contribution in [2.75, 3.05) is 0 Å². The number of ether oxygens (including phenoxy) is 2. The maximum Gasteiger partial charge on any atom is 0.338 e. The third-order valence-electron chi connectivity index (χ3n) is 5.28. The Morgan fingerprint density at radius 1 is 1.00 bits per heavy atom. The van der Waals surface area contributed by atoms with Crippen LogP contribution in [0.5, 0.6) is 5.75 Å². The molecule has 0 radical (unpaired) electrons. The molecule has 0 aliphatic heterocycles. The molecule has 4 heteroatoms. The number of carbonyl (C=O) groups excluding carboxylic acids is 1. The first kappa shape index (κ1) is 20.6. The first-order chi connectivity index (χ1) is 14.0. The van der Waals surface area contributed by atoms with Crippen molar-refractivity contribution in [2.24, 2.45) is 0 Å². The molecule has 1 aliphatic rings. The Morgan fingerprint density at radius 3 is 2.07 bits per heavy atom. The summed E-state index contributed by atoms with van der Waals surface area (Å²) >= 11 is 0. The molecule has 0 heterocycles. The van der Waals surface area contributed by atoms with Crippen LogP contribution in [0.2, 0.25) is 0 Å². The Bertz CT molecular complexity index is 889. The van der Waals surface area contributed by atoms with Gasteiger partial charge >= 0.3 is 5.97 Å². The van der Waals surface area contributed by atoms with Crippen LogP contribution in [-0.4, -0.2) is 18.0 Å². The molecular formula is C25H27NO3. The highest BCUT2D eigenvalue weighted by atomic mass is 16.5. The largest absolute Gasteiger partial charge is 0.475 e. The van der Waals surface area contributed by atoms with Crippen LogP contribution in [0.4, 0.5) is 0 Å². The minimum absolute atomic E-state index is 0.133. The first-order valence-corrected chi connectivity index (χ1v) is 9.92. The highest BCUT2D eigenvalue weighted by molar-refractivity contribution is 5.88. The van der Waals surface area contributed by atoms with Gasteiger partial charge in [-0.25, -0.2) is 4.79 Å². The molecule has 1 fully saturated rings. The molecule has 1 aliphatic carbocycles. The van der Waals surface area contributed by atoms with E-state index in [-0.39, 0.29) is 12.0 Å². The SMILES string of the molecule is C=CC(=N)OC1CCC(c2ccc(-c3ccc(OC(=O)C(=C)C)cc3)cc2)CC1. The summed E-state index contributed by atoms with van der Waals surface area (Å²) in [7, 11) is 0. The van der Waals surface area contributed by atoms with E-state index in [0.29, 0.717) is 17.2 Å². The van der Waals surface area contributed by atoms with Crippen molar-refractivity contribution in [3.05, 3.63) is 78.9 Å². The van der Waals surface area contributed by atoms with Crippen LogP contribution < -0.4 is 4.74 Å². The molecule has 2 aromatic carbocycles. The molecule has 0 saturated heterocycles. The normalized spacial score (nSPS) is 18.5. The molecule has 0 unspecified atom stereocenters. The lowest BCUT2D eigenvalue weighted by atomic mass is 9.82. The summed E-state index contributed by atoms with van der Waals surface area (Å²) < 4.78 is 10.8. The van der Waals surface area contributed by atoms with Gasteiger partial charge in [-0.1, -0.05) is 49.6 Å². The van der Waals surface area contributed by atoms with Gasteiger partial charge in [0.05, 0.1) is 0 Å². The number of rotatable bonds is 6. The second-order valence-electron chi connectivity index (χ2n) is 7.48. The van der Waals surface area contributed by atoms with Gasteiger partial charge in [-0.2, -0.15) is 0 Å². The van der Waals surface area contributed by atoms with Gasteiger partial charge < -0.3 is 9.47 Å². The fourth-order valence-corrected chi connectivity index (χ4v) is 3.60. The van der Waals surface area contributed by atoms with Gasteiger partial charge in [0.2, 0.25) is 5.90 Å². The molecule has 0 bridgehead atoms. The van der Waals surface area contributed by atoms with E-state index in [0.717, 1.165) is 36.8 Å². The molecule has 0 spiro atoms. The van der Waals surface area contributed by atoms with Crippen molar-refractivity contribution in [1.29, 1.82) is 5.41 Å². The van der Waals surface area contributed by atoms with Gasteiger partial charge in [0.1, 0.15) is 11.9 Å². The second kappa shape index (κ2) is 9.37. The minimum Gasteiger partial charge on any atom is -0.475 e. The standard InChI is InChI=1S/C25H27NO3/c1-4-24(26)28-22-13-9-20(10-14-22)18-5-7-19(8-6-18)21-11-15-23(16-12-21)29-25(27)17(2)3/h4-8,11-12,15-16,20,22,26H,1-2,9-10,13-14H2,3H3. The molecule has 3 rings (SSSR count). The Labute approximate surface area is 172 Å². The fourth-order valence-electron chi connectivity index (χ4n) is 3.60. The van der Waals surface area contributed by atoms with E-state index in [1.807, 2.05) is 12.1 Å². The van der Waals surface area contributed by atoms with Crippen LogP contribution in [0.15, 0.2) is 73.3 Å². The average Bonchev–Trinajstić information content (AvgIpc) is 2.75. The van der Waals surface area contributed by atoms with Crippen LogP contribution in [0.25, 0.3) is 11.1 Å². The van der Waals surface area contributed by atoms with E-state index in [4.69, 9.17) is 14.9 Å². The predicted octanol–water partition coefficient (Wildman–Crippen LogP) is 6.04. The lowest BCUT2D eigenvalue weighted by molar-refractivity contribution is -0.130. The quantitative estimate of drug-likeness (QED) is 0.215. The summed E-state index contributed by atoms with van der Waals surface area (Å²) in [6.07, 6.45) is 5.64. The molecule has 1 saturated carbocycles. The van der Waals surface area contributed by atoms with Gasteiger partial charge in [0.25, 0.3) is 0 Å². The Kier molecular flexibility index (Phi) is 6.65. The fraction of sp³-hybridized carbons (Fsp3) is 0.280. The van der Waals surface area contributed by atoms with Crippen molar-refractivity contribution >= 4 is 11.9 Å². The van der Waals surface area contributed by atoms with Gasteiger partial charge in [-0.05, 0) is 73.4 Å². The van der Waals surface area contributed by atoms with E-state index in [1.54, 1.807) is 19.1 Å². The summed E-state index contributed by atoms with van der Waals surface area (Å²) in [6.45, 7) is 8.79. The third-order valence-corrected chi connectivity index (χ3v) is 5.28. The summed E-state index contributed by atoms with van der Waals surface area (Å²) in [5.41, 5.74) is 3.93. The Morgan fingerprint density at radius 2 is 1.55 bits per heavy atom. The highest BCUT2D eigenvalue weighted by Gasteiger charge is 2.23. The highest BCUT2D eigenvalue weighted by Crippen LogP contribution is 2.35. The van der Waals surface area contributed by atoms with E-state index < -0.39 is 5.97 Å². The van der Waals surface area contributed by atoms with Crippen LogP contribution in [0, 0.1) is 5.41 Å². The Balaban J connectivity index is 1.59. The van der Waals surface area contributed by atoms with E-state index >= 15 is 0 Å². The van der Waals surface area contributed by atoms with Gasteiger partial charge in [0.15, 0.2) is 0 Å². The number of carbonyl (C=O) groups is 1. The molecule has 1 N–H and O–H groups in total. The summed E-state index contributed by atoms with van der Waals surface area (Å²) in [5.74, 6) is 0.800. The maximum atomic E-state index is 11.6. The van der Waals surface area contributed by atoms with Crippen LogP contribution >= 0.6 is 0 Å². The number of esters is 1. The number of benzene rings is 2. The zero-order valence-electron chi connectivity index (χ0n) is 16.8. The molecule has 29 heavy (non-hydrogen) atoms. The third kappa shape index (κ3) is 5.44. The van der Waals surface area contributed by atoms with E-state index in [1.165, 1.54) is 11.6 Å². The Hall–Kier alpha value is -3.14. The van der Waals surface area contributed by atoms with Crippen molar-refractivity contribution in [3.63, 3.8) is 0 Å². The molecule has 150 valence electrons. The van der Waals surface area contributed by atoms with Gasteiger partial charge in [-0.3, -0.25) is 5.41 Å². The lowest BCUT2D eigenvalue weighted by Gasteiger charge is -2.29.